The highest BCUT2D eigenvalue weighted by atomic mass is 32.2. The average molecular weight is 816 g/mol. The Morgan fingerprint density at radius 1 is 0.870 bits per heavy atom. The molecule has 2 atom stereocenters. The number of likely N-dealkylation sites (N-methyl/N-ethyl adjacent to an activating group) is 1. The smallest absolute Gasteiger partial charge is 0.294 e. The normalized spacial score (nSPS) is 18.4. The number of fused-ring (bicyclic) bond motifs is 1. The molecular weight excluding hydrogens is 763 g/mol. The van der Waals surface area contributed by atoms with Crippen molar-refractivity contribution in [3.63, 3.8) is 0 Å². The number of hydrogen-bond acceptors (Lipinski definition) is 11. The quantitative estimate of drug-likeness (QED) is 0.0741. The van der Waals surface area contributed by atoms with Crippen LogP contribution in [-0.4, -0.2) is 105 Å². The number of anilines is 1. The molecule has 0 fully saturated rings. The molecule has 0 saturated heterocycles. The third kappa shape index (κ3) is 12.0. The maximum absolute atomic E-state index is 12.1. The number of methoxy groups -OCH3 is 1. The summed E-state index contributed by atoms with van der Waals surface area (Å²) in [6, 6.07) is 8.66. The highest BCUT2D eigenvalue weighted by molar-refractivity contribution is 7.86. The molecule has 3 N–H and O–H groups in total. The van der Waals surface area contributed by atoms with Crippen LogP contribution in [0.3, 0.4) is 0 Å². The van der Waals surface area contributed by atoms with E-state index in [1.165, 1.54) is 24.3 Å². The fourth-order valence-electron chi connectivity index (χ4n) is 6.63. The minimum Gasteiger partial charge on any atom is -0.382 e. The number of nitrogens with zero attached hydrogens (tertiary/aromatic N) is 1. The van der Waals surface area contributed by atoms with Crippen molar-refractivity contribution in [2.24, 2.45) is 0 Å². The molecule has 0 spiro atoms. The maximum Gasteiger partial charge on any atom is 0.294 e. The van der Waals surface area contributed by atoms with Gasteiger partial charge in [-0.2, -0.15) is 25.3 Å². The van der Waals surface area contributed by atoms with Gasteiger partial charge in [-0.3, -0.25) is 13.7 Å². The van der Waals surface area contributed by atoms with Crippen LogP contribution in [0.4, 0.5) is 5.69 Å². The van der Waals surface area contributed by atoms with E-state index in [0.29, 0.717) is 80.7 Å². The molecule has 0 bridgehead atoms. The second-order valence-electron chi connectivity index (χ2n) is 13.4. The zero-order chi connectivity index (χ0) is 40.4. The summed E-state index contributed by atoms with van der Waals surface area (Å²) in [6.45, 7) is 15.0. The van der Waals surface area contributed by atoms with E-state index >= 15 is 0 Å². The molecule has 1 aliphatic heterocycles. The molecule has 2 unspecified atom stereocenters. The Morgan fingerprint density at radius 3 is 1.98 bits per heavy atom. The first-order valence-electron chi connectivity index (χ1n) is 17.4. The molecule has 2 aromatic rings. The highest BCUT2D eigenvalue weighted by Gasteiger charge is 2.43. The van der Waals surface area contributed by atoms with Crippen LogP contribution < -0.4 is 4.90 Å². The van der Waals surface area contributed by atoms with Crippen molar-refractivity contribution < 1.29 is 57.9 Å². The molecule has 0 radical (unpaired) electrons. The van der Waals surface area contributed by atoms with Crippen molar-refractivity contribution in [1.29, 1.82) is 0 Å². The summed E-state index contributed by atoms with van der Waals surface area (Å²) in [5.74, 6) is -0.500. The highest BCUT2D eigenvalue weighted by Crippen LogP contribution is 2.51. The molecule has 0 aliphatic carbocycles. The molecule has 14 nitrogen and oxygen atoms in total. The second kappa shape index (κ2) is 19.3. The SMILES string of the molecule is C=C(/C=C/C=C1/N(CC)c2ccc(S(=O)(=O)O)cc2C1(C)CCCS(=O)(=O)O)C(C)(CCOCCOCCOCCOC)c1cc(S(=O)(=O)O)ccc1C. The zero-order valence-corrected chi connectivity index (χ0v) is 33.9. The first-order valence-corrected chi connectivity index (χ1v) is 21.9. The van der Waals surface area contributed by atoms with Gasteiger partial charge in [0, 0.05) is 42.5 Å². The molecule has 17 heteroatoms. The van der Waals surface area contributed by atoms with Crippen molar-refractivity contribution in [2.45, 2.75) is 67.6 Å². The number of ether oxygens (including phenoxy) is 4. The standard InChI is InChI=1S/C37H53NO13S3/c1-7-38-34-15-14-31(54(45,46)47)27-33(34)37(5,16-9-25-52(39,40)41)35(38)11-8-10-29(3)36(4,32-26-30(53(42,43)44)13-12-28(32)2)17-18-49-21-22-51-24-23-50-20-19-48-6/h8,10-15,26-27H,3,7,9,16-25H2,1-2,4-6H3,(H,39,40,41)(H,42,43,44)(H,45,46,47)/b10-8+,35-11+. The van der Waals surface area contributed by atoms with Gasteiger partial charge in [-0.15, -0.1) is 0 Å². The molecule has 54 heavy (non-hydrogen) atoms. The van der Waals surface area contributed by atoms with Crippen molar-refractivity contribution in [2.75, 3.05) is 70.6 Å². The van der Waals surface area contributed by atoms with Gasteiger partial charge in [0.15, 0.2) is 0 Å². The second-order valence-corrected chi connectivity index (χ2v) is 17.8. The van der Waals surface area contributed by atoms with Gasteiger partial charge in [-0.1, -0.05) is 31.7 Å². The molecule has 0 saturated carbocycles. The van der Waals surface area contributed by atoms with Gasteiger partial charge in [-0.05, 0) is 98.7 Å². The van der Waals surface area contributed by atoms with E-state index in [9.17, 15) is 38.9 Å². The molecule has 0 amide bonds. The minimum absolute atomic E-state index is 0.0604. The largest absolute Gasteiger partial charge is 0.382 e. The Labute approximate surface area is 320 Å². The van der Waals surface area contributed by atoms with Crippen molar-refractivity contribution in [1.82, 2.24) is 0 Å². The van der Waals surface area contributed by atoms with E-state index in [2.05, 4.69) is 6.58 Å². The lowest BCUT2D eigenvalue weighted by molar-refractivity contribution is 0.00219. The molecule has 2 aromatic carbocycles. The summed E-state index contributed by atoms with van der Waals surface area (Å²) in [5, 5.41) is 0. The summed E-state index contributed by atoms with van der Waals surface area (Å²) in [6.07, 6.45) is 6.02. The Kier molecular flexibility index (Phi) is 16.2. The third-order valence-corrected chi connectivity index (χ3v) is 12.2. The summed E-state index contributed by atoms with van der Waals surface area (Å²) in [7, 11) is -11.7. The number of allylic oxidation sites excluding steroid dienone is 5. The molecule has 3 rings (SSSR count). The lowest BCUT2D eigenvalue weighted by atomic mass is 9.72. The van der Waals surface area contributed by atoms with Crippen LogP contribution in [0.25, 0.3) is 0 Å². The van der Waals surface area contributed by atoms with Gasteiger partial charge in [0.05, 0.1) is 55.2 Å². The summed E-state index contributed by atoms with van der Waals surface area (Å²) >= 11 is 0. The van der Waals surface area contributed by atoms with Gasteiger partial charge >= 0.3 is 0 Å². The van der Waals surface area contributed by atoms with Gasteiger partial charge in [0.1, 0.15) is 0 Å². The molecule has 1 aliphatic rings. The summed E-state index contributed by atoms with van der Waals surface area (Å²) in [5.41, 5.74) is 2.10. The topological polar surface area (TPSA) is 203 Å². The minimum atomic E-state index is -4.55. The van der Waals surface area contributed by atoms with Gasteiger partial charge in [0.2, 0.25) is 0 Å². The van der Waals surface area contributed by atoms with Gasteiger partial charge < -0.3 is 23.8 Å². The fraction of sp³-hybridized carbons (Fsp3) is 0.514. The van der Waals surface area contributed by atoms with Crippen LogP contribution >= 0.6 is 0 Å². The lowest BCUT2D eigenvalue weighted by Crippen LogP contribution is -2.29. The van der Waals surface area contributed by atoms with Crippen LogP contribution in [-0.2, 0) is 60.1 Å². The third-order valence-electron chi connectivity index (χ3n) is 9.69. The predicted octanol–water partition coefficient (Wildman–Crippen LogP) is 5.29. The van der Waals surface area contributed by atoms with Crippen LogP contribution in [0, 0.1) is 6.92 Å². The van der Waals surface area contributed by atoms with Crippen molar-refractivity contribution in [3.8, 4) is 0 Å². The average Bonchev–Trinajstić information content (AvgIpc) is 3.31. The first kappa shape index (κ1) is 45.4. The van der Waals surface area contributed by atoms with Crippen LogP contribution in [0.2, 0.25) is 0 Å². The van der Waals surface area contributed by atoms with Gasteiger partial charge in [-0.25, -0.2) is 0 Å². The molecule has 302 valence electrons. The lowest BCUT2D eigenvalue weighted by Gasteiger charge is -2.33. The monoisotopic (exact) mass is 815 g/mol. The maximum atomic E-state index is 12.1. The number of rotatable bonds is 23. The van der Waals surface area contributed by atoms with E-state index in [1.807, 2.05) is 38.7 Å². The predicted molar refractivity (Wildman–Crippen MR) is 206 cm³/mol. The van der Waals surface area contributed by atoms with E-state index in [0.717, 1.165) is 5.56 Å². The van der Waals surface area contributed by atoms with Crippen molar-refractivity contribution in [3.05, 3.63) is 89.2 Å². The summed E-state index contributed by atoms with van der Waals surface area (Å²) < 4.78 is 123. The molecular formula is C37H53NO13S3. The Balaban J connectivity index is 1.96. The molecule has 0 aromatic heterocycles. The van der Waals surface area contributed by atoms with E-state index in [4.69, 9.17) is 18.9 Å². The van der Waals surface area contributed by atoms with E-state index in [-0.39, 0.29) is 29.2 Å². The fourth-order valence-corrected chi connectivity index (χ4v) is 8.15. The van der Waals surface area contributed by atoms with Gasteiger partial charge in [0.25, 0.3) is 30.4 Å². The number of benzene rings is 2. The van der Waals surface area contributed by atoms with E-state index < -0.39 is 46.9 Å². The summed E-state index contributed by atoms with van der Waals surface area (Å²) in [4.78, 5) is 1.40. The Morgan fingerprint density at radius 2 is 1.43 bits per heavy atom. The van der Waals surface area contributed by atoms with Crippen LogP contribution in [0.5, 0.6) is 0 Å². The first-order chi connectivity index (χ1) is 25.2. The molecule has 1 heterocycles. The zero-order valence-electron chi connectivity index (χ0n) is 31.5. The van der Waals surface area contributed by atoms with Crippen molar-refractivity contribution >= 4 is 36.0 Å². The van der Waals surface area contributed by atoms with Crippen LogP contribution in [0.15, 0.2) is 82.3 Å². The number of hydrogen-bond donors (Lipinski definition) is 3. The Hall–Kier alpha value is -2.97. The van der Waals surface area contributed by atoms with E-state index in [1.54, 1.807) is 31.4 Å². The number of aryl methyl sites for hydroxylation is 1. The Bertz CT molecular complexity index is 2010. The van der Waals surface area contributed by atoms with Crippen LogP contribution in [0.1, 0.15) is 56.7 Å².